The van der Waals surface area contributed by atoms with Crippen molar-refractivity contribution in [2.24, 2.45) is 0 Å². The van der Waals surface area contributed by atoms with E-state index in [-0.39, 0.29) is 6.61 Å². The highest BCUT2D eigenvalue weighted by Gasteiger charge is 2.44. The van der Waals surface area contributed by atoms with Crippen LogP contribution in [0.2, 0.25) is 0 Å². The van der Waals surface area contributed by atoms with Crippen molar-refractivity contribution in [1.29, 1.82) is 0 Å². The molecule has 1 aromatic heterocycles. The van der Waals surface area contributed by atoms with Crippen LogP contribution in [0.4, 0.5) is 5.82 Å². The van der Waals surface area contributed by atoms with Gasteiger partial charge in [-0.15, -0.1) is 0 Å². The molecule has 1 fully saturated rings. The summed E-state index contributed by atoms with van der Waals surface area (Å²) in [7, 11) is 1.36. The molecular formula is C12H18N2O5. The summed E-state index contributed by atoms with van der Waals surface area (Å²) in [5, 5.41) is 32.2. The second kappa shape index (κ2) is 6.27. The molecule has 0 amide bonds. The molecule has 7 nitrogen and oxygen atoms in total. The lowest BCUT2D eigenvalue weighted by Crippen LogP contribution is -2.61. The third-order valence-corrected chi connectivity index (χ3v) is 3.10. The average molecular weight is 270 g/mol. The number of rotatable bonds is 4. The molecule has 0 saturated carbocycles. The molecule has 1 saturated heterocycles. The maximum absolute atomic E-state index is 10.1. The van der Waals surface area contributed by atoms with Crippen LogP contribution in [0, 0.1) is 0 Å². The van der Waals surface area contributed by atoms with Gasteiger partial charge in [0, 0.05) is 13.3 Å². The van der Waals surface area contributed by atoms with Crippen LogP contribution in [-0.4, -0.2) is 64.7 Å². The molecular weight excluding hydrogens is 252 g/mol. The van der Waals surface area contributed by atoms with Crippen LogP contribution in [-0.2, 0) is 9.47 Å². The van der Waals surface area contributed by atoms with Gasteiger partial charge in [0.15, 0.2) is 6.29 Å². The van der Waals surface area contributed by atoms with Crippen molar-refractivity contribution in [3.8, 4) is 0 Å². The third-order valence-electron chi connectivity index (χ3n) is 3.10. The molecule has 0 aromatic carbocycles. The molecule has 4 N–H and O–H groups in total. The Morgan fingerprint density at radius 2 is 2.16 bits per heavy atom. The first-order valence-corrected chi connectivity index (χ1v) is 6.00. The maximum atomic E-state index is 10.1. The van der Waals surface area contributed by atoms with Gasteiger partial charge in [0.05, 0.1) is 12.6 Å². The normalized spacial score (nSPS) is 35.1. The standard InChI is InChI=1S/C12H18N2O5/c1-18-12-11(17)10(16)9(7(6-15)19-12)14-8-4-2-3-5-13-8/h2-5,7,9-12,15-17H,6H2,1H3,(H,13,14)/t7-,9-,10+,11-,12+/m1/s1. The highest BCUT2D eigenvalue weighted by Crippen LogP contribution is 2.23. The lowest BCUT2D eigenvalue weighted by molar-refractivity contribution is -0.266. The van der Waals surface area contributed by atoms with E-state index in [4.69, 9.17) is 9.47 Å². The number of anilines is 1. The molecule has 7 heteroatoms. The van der Waals surface area contributed by atoms with E-state index in [1.54, 1.807) is 24.4 Å². The van der Waals surface area contributed by atoms with Crippen molar-refractivity contribution in [3.63, 3.8) is 0 Å². The SMILES string of the molecule is CO[C@H]1O[C@H](CO)[C@@H](Nc2ccccn2)[C@H](O)[C@H]1O. The van der Waals surface area contributed by atoms with Gasteiger partial charge in [-0.3, -0.25) is 0 Å². The predicted octanol–water partition coefficient (Wildman–Crippen LogP) is -1.05. The summed E-state index contributed by atoms with van der Waals surface area (Å²) in [6.45, 7) is -0.311. The van der Waals surface area contributed by atoms with Gasteiger partial charge in [0.2, 0.25) is 0 Å². The highest BCUT2D eigenvalue weighted by atomic mass is 16.7. The summed E-state index contributed by atoms with van der Waals surface area (Å²) in [6, 6.07) is 4.59. The molecule has 0 unspecified atom stereocenters. The molecule has 0 aliphatic carbocycles. The van der Waals surface area contributed by atoms with Crippen molar-refractivity contribution in [1.82, 2.24) is 4.98 Å². The summed E-state index contributed by atoms with van der Waals surface area (Å²) in [6.07, 6.45) is -2.41. The summed E-state index contributed by atoms with van der Waals surface area (Å²) in [5.41, 5.74) is 0. The zero-order chi connectivity index (χ0) is 13.8. The van der Waals surface area contributed by atoms with Crippen molar-refractivity contribution < 1.29 is 24.8 Å². The minimum Gasteiger partial charge on any atom is -0.394 e. The number of aliphatic hydroxyl groups is 3. The number of nitrogens with one attached hydrogen (secondary N) is 1. The molecule has 1 aliphatic heterocycles. The average Bonchev–Trinajstić information content (AvgIpc) is 2.45. The van der Waals surface area contributed by atoms with E-state index in [2.05, 4.69) is 10.3 Å². The minimum atomic E-state index is -1.20. The second-order valence-corrected chi connectivity index (χ2v) is 4.33. The fraction of sp³-hybridized carbons (Fsp3) is 0.583. The number of hydrogen-bond donors (Lipinski definition) is 4. The molecule has 2 heterocycles. The zero-order valence-electron chi connectivity index (χ0n) is 10.5. The Balaban J connectivity index is 2.13. The van der Waals surface area contributed by atoms with Gasteiger partial charge in [-0.2, -0.15) is 0 Å². The van der Waals surface area contributed by atoms with Crippen LogP contribution in [0.1, 0.15) is 0 Å². The van der Waals surface area contributed by atoms with Crippen molar-refractivity contribution in [2.45, 2.75) is 30.6 Å². The van der Waals surface area contributed by atoms with E-state index in [1.165, 1.54) is 7.11 Å². The number of nitrogens with zero attached hydrogens (tertiary/aromatic N) is 1. The molecule has 1 aliphatic rings. The first-order valence-electron chi connectivity index (χ1n) is 6.00. The molecule has 1 aromatic rings. The van der Waals surface area contributed by atoms with Crippen LogP contribution in [0.3, 0.4) is 0 Å². The van der Waals surface area contributed by atoms with Crippen LogP contribution in [0.5, 0.6) is 0 Å². The lowest BCUT2D eigenvalue weighted by atomic mass is 9.96. The predicted molar refractivity (Wildman–Crippen MR) is 66.4 cm³/mol. The zero-order valence-corrected chi connectivity index (χ0v) is 10.5. The maximum Gasteiger partial charge on any atom is 0.186 e. The van der Waals surface area contributed by atoms with Crippen molar-refractivity contribution >= 4 is 5.82 Å². The molecule has 0 bridgehead atoms. The number of methoxy groups -OCH3 is 1. The Kier molecular flexibility index (Phi) is 4.67. The lowest BCUT2D eigenvalue weighted by Gasteiger charge is -2.41. The van der Waals surface area contributed by atoms with Gasteiger partial charge in [0.1, 0.15) is 24.1 Å². The van der Waals surface area contributed by atoms with Gasteiger partial charge in [-0.1, -0.05) is 6.07 Å². The van der Waals surface area contributed by atoms with Crippen LogP contribution in [0.25, 0.3) is 0 Å². The fourth-order valence-electron chi connectivity index (χ4n) is 2.08. The number of aliphatic hydroxyl groups excluding tert-OH is 3. The Labute approximate surface area is 110 Å². The fourth-order valence-corrected chi connectivity index (χ4v) is 2.08. The largest absolute Gasteiger partial charge is 0.394 e. The van der Waals surface area contributed by atoms with E-state index in [0.717, 1.165) is 0 Å². The first-order chi connectivity index (χ1) is 9.17. The highest BCUT2D eigenvalue weighted by molar-refractivity contribution is 5.35. The number of pyridine rings is 1. The van der Waals surface area contributed by atoms with Crippen LogP contribution < -0.4 is 5.32 Å². The summed E-state index contributed by atoms with van der Waals surface area (Å²) < 4.78 is 10.3. The van der Waals surface area contributed by atoms with Crippen LogP contribution >= 0.6 is 0 Å². The monoisotopic (exact) mass is 270 g/mol. The van der Waals surface area contributed by atoms with E-state index in [0.29, 0.717) is 5.82 Å². The second-order valence-electron chi connectivity index (χ2n) is 4.33. The van der Waals surface area contributed by atoms with Crippen LogP contribution in [0.15, 0.2) is 24.4 Å². The van der Waals surface area contributed by atoms with E-state index in [9.17, 15) is 15.3 Å². The Hall–Kier alpha value is -1.25. The number of ether oxygens (including phenoxy) is 2. The molecule has 2 rings (SSSR count). The first kappa shape index (κ1) is 14.2. The molecule has 0 radical (unpaired) electrons. The summed E-state index contributed by atoms with van der Waals surface area (Å²) in [5.74, 6) is 0.525. The quantitative estimate of drug-likeness (QED) is 0.553. The molecule has 106 valence electrons. The van der Waals surface area contributed by atoms with E-state index in [1.807, 2.05) is 0 Å². The van der Waals surface area contributed by atoms with Gasteiger partial charge in [-0.25, -0.2) is 4.98 Å². The smallest absolute Gasteiger partial charge is 0.186 e. The molecule has 5 atom stereocenters. The molecule has 19 heavy (non-hydrogen) atoms. The Morgan fingerprint density at radius 1 is 1.37 bits per heavy atom. The number of aromatic nitrogens is 1. The minimum absolute atomic E-state index is 0.311. The Bertz CT molecular complexity index is 389. The van der Waals surface area contributed by atoms with Gasteiger partial charge < -0.3 is 30.1 Å². The van der Waals surface area contributed by atoms with Crippen molar-refractivity contribution in [3.05, 3.63) is 24.4 Å². The number of hydrogen-bond acceptors (Lipinski definition) is 7. The Morgan fingerprint density at radius 3 is 2.74 bits per heavy atom. The summed E-state index contributed by atoms with van der Waals surface area (Å²) >= 11 is 0. The third kappa shape index (κ3) is 3.02. The topological polar surface area (TPSA) is 104 Å². The van der Waals surface area contributed by atoms with Gasteiger partial charge in [0.25, 0.3) is 0 Å². The van der Waals surface area contributed by atoms with E-state index < -0.39 is 30.6 Å². The van der Waals surface area contributed by atoms with E-state index >= 15 is 0 Å². The van der Waals surface area contributed by atoms with Gasteiger partial charge >= 0.3 is 0 Å². The molecule has 0 spiro atoms. The van der Waals surface area contributed by atoms with Gasteiger partial charge in [-0.05, 0) is 12.1 Å². The summed E-state index contributed by atoms with van der Waals surface area (Å²) in [4.78, 5) is 4.07. The van der Waals surface area contributed by atoms with Crippen molar-refractivity contribution in [2.75, 3.05) is 19.0 Å².